The van der Waals surface area contributed by atoms with E-state index >= 15 is 0 Å². The number of hydrogen-bond acceptors (Lipinski definition) is 5. The summed E-state index contributed by atoms with van der Waals surface area (Å²) in [5.41, 5.74) is 3.21. The molecule has 1 unspecified atom stereocenters. The SMILES string of the molecule is CCc1cc(C(Nc2ccc(C=NN)cc2)C(=O)O)ccc1OC(C)C. The molecule has 0 aliphatic heterocycles. The second kappa shape index (κ2) is 8.89. The molecule has 6 nitrogen and oxygen atoms in total. The Morgan fingerprint density at radius 3 is 2.50 bits per heavy atom. The Bertz CT molecular complexity index is 770. The Balaban J connectivity index is 2.27. The Morgan fingerprint density at radius 2 is 1.96 bits per heavy atom. The van der Waals surface area contributed by atoms with Crippen LogP contribution >= 0.6 is 0 Å². The lowest BCUT2D eigenvalue weighted by Gasteiger charge is -2.19. The third-order valence-electron chi connectivity index (χ3n) is 3.85. The highest BCUT2D eigenvalue weighted by Crippen LogP contribution is 2.27. The van der Waals surface area contributed by atoms with Crippen molar-refractivity contribution in [2.75, 3.05) is 5.32 Å². The quantitative estimate of drug-likeness (QED) is 0.382. The fourth-order valence-corrected chi connectivity index (χ4v) is 2.63. The van der Waals surface area contributed by atoms with Crippen molar-refractivity contribution in [2.45, 2.75) is 39.3 Å². The molecule has 138 valence electrons. The molecule has 6 heteroatoms. The minimum Gasteiger partial charge on any atom is -0.491 e. The summed E-state index contributed by atoms with van der Waals surface area (Å²) in [6.45, 7) is 5.95. The first-order chi connectivity index (χ1) is 12.4. The molecule has 1 atom stereocenters. The molecule has 2 rings (SSSR count). The maximum atomic E-state index is 11.8. The molecule has 0 radical (unpaired) electrons. The average Bonchev–Trinajstić information content (AvgIpc) is 2.61. The van der Waals surface area contributed by atoms with E-state index in [0.29, 0.717) is 11.3 Å². The Morgan fingerprint density at radius 1 is 1.27 bits per heavy atom. The molecule has 0 bridgehead atoms. The van der Waals surface area contributed by atoms with Crippen molar-refractivity contribution in [1.29, 1.82) is 0 Å². The second-order valence-corrected chi connectivity index (χ2v) is 6.20. The van der Waals surface area contributed by atoms with Crippen LogP contribution in [0.25, 0.3) is 0 Å². The third-order valence-corrected chi connectivity index (χ3v) is 3.85. The summed E-state index contributed by atoms with van der Waals surface area (Å²) < 4.78 is 5.80. The van der Waals surface area contributed by atoms with E-state index in [-0.39, 0.29) is 6.10 Å². The zero-order chi connectivity index (χ0) is 19.1. The van der Waals surface area contributed by atoms with Crippen LogP contribution in [0.5, 0.6) is 5.75 Å². The number of hydrazone groups is 1. The topological polar surface area (TPSA) is 96.9 Å². The lowest BCUT2D eigenvalue weighted by molar-refractivity contribution is -0.138. The summed E-state index contributed by atoms with van der Waals surface area (Å²) >= 11 is 0. The second-order valence-electron chi connectivity index (χ2n) is 6.20. The number of carboxylic acid groups (broad SMARTS) is 1. The number of carboxylic acids is 1. The maximum absolute atomic E-state index is 11.8. The molecule has 0 fully saturated rings. The standard InChI is InChI=1S/C20H25N3O3/c1-4-15-11-16(7-10-18(15)26-13(2)3)19(20(24)25)23-17-8-5-14(6-9-17)12-22-21/h5-13,19,23H,4,21H2,1-3H3,(H,24,25). The highest BCUT2D eigenvalue weighted by molar-refractivity contribution is 5.82. The van der Waals surface area contributed by atoms with Gasteiger partial charge in [0.2, 0.25) is 0 Å². The maximum Gasteiger partial charge on any atom is 0.330 e. The zero-order valence-electron chi connectivity index (χ0n) is 15.3. The van der Waals surface area contributed by atoms with Crippen molar-refractivity contribution in [2.24, 2.45) is 10.9 Å². The van der Waals surface area contributed by atoms with Gasteiger partial charge >= 0.3 is 5.97 Å². The minimum atomic E-state index is -0.947. The van der Waals surface area contributed by atoms with Gasteiger partial charge in [-0.3, -0.25) is 0 Å². The third kappa shape index (κ3) is 4.99. The minimum absolute atomic E-state index is 0.0649. The summed E-state index contributed by atoms with van der Waals surface area (Å²) in [4.78, 5) is 11.8. The molecular weight excluding hydrogens is 330 g/mol. The summed E-state index contributed by atoms with van der Waals surface area (Å²) in [6, 6.07) is 11.9. The number of hydrogen-bond donors (Lipinski definition) is 3. The van der Waals surface area contributed by atoms with Crippen LogP contribution in [0, 0.1) is 0 Å². The summed E-state index contributed by atoms with van der Waals surface area (Å²) in [5, 5.41) is 16.2. The highest BCUT2D eigenvalue weighted by atomic mass is 16.5. The van der Waals surface area contributed by atoms with E-state index in [1.54, 1.807) is 18.2 Å². The van der Waals surface area contributed by atoms with Crippen LogP contribution in [0.1, 0.15) is 43.5 Å². The molecule has 2 aromatic rings. The number of benzene rings is 2. The van der Waals surface area contributed by atoms with Gasteiger partial charge in [-0.2, -0.15) is 5.10 Å². The van der Waals surface area contributed by atoms with Crippen molar-refractivity contribution in [3.63, 3.8) is 0 Å². The van der Waals surface area contributed by atoms with Crippen LogP contribution in [0.3, 0.4) is 0 Å². The zero-order valence-corrected chi connectivity index (χ0v) is 15.3. The lowest BCUT2D eigenvalue weighted by Crippen LogP contribution is -2.21. The largest absolute Gasteiger partial charge is 0.491 e. The van der Waals surface area contributed by atoms with E-state index in [9.17, 15) is 9.90 Å². The predicted octanol–water partition coefficient (Wildman–Crippen LogP) is 3.57. The van der Waals surface area contributed by atoms with Gasteiger partial charge in [0.25, 0.3) is 0 Å². The number of aliphatic carboxylic acids is 1. The molecule has 2 aromatic carbocycles. The van der Waals surface area contributed by atoms with E-state index in [0.717, 1.165) is 23.3 Å². The van der Waals surface area contributed by atoms with Crippen molar-refractivity contribution >= 4 is 17.9 Å². The molecule has 0 saturated heterocycles. The van der Waals surface area contributed by atoms with Gasteiger partial charge in [0.15, 0.2) is 6.04 Å². The molecule has 0 aromatic heterocycles. The molecule has 0 saturated carbocycles. The van der Waals surface area contributed by atoms with Gasteiger partial charge in [-0.1, -0.05) is 25.1 Å². The lowest BCUT2D eigenvalue weighted by atomic mass is 10.0. The van der Waals surface area contributed by atoms with Crippen LogP contribution in [-0.4, -0.2) is 23.4 Å². The van der Waals surface area contributed by atoms with Gasteiger partial charge in [-0.25, -0.2) is 4.79 Å². The molecular formula is C20H25N3O3. The van der Waals surface area contributed by atoms with Crippen LogP contribution < -0.4 is 15.9 Å². The van der Waals surface area contributed by atoms with Gasteiger partial charge in [0.1, 0.15) is 5.75 Å². The van der Waals surface area contributed by atoms with Crippen molar-refractivity contribution in [3.8, 4) is 5.75 Å². The number of carbonyl (C=O) groups is 1. The van der Waals surface area contributed by atoms with Crippen LogP contribution in [0.4, 0.5) is 5.69 Å². The number of nitrogens with one attached hydrogen (secondary N) is 1. The molecule has 0 amide bonds. The van der Waals surface area contributed by atoms with Crippen molar-refractivity contribution in [3.05, 3.63) is 59.2 Å². The van der Waals surface area contributed by atoms with Gasteiger partial charge in [0.05, 0.1) is 12.3 Å². The first kappa shape index (κ1) is 19.3. The van der Waals surface area contributed by atoms with E-state index in [1.165, 1.54) is 6.21 Å². The molecule has 0 heterocycles. The van der Waals surface area contributed by atoms with E-state index in [1.807, 2.05) is 45.0 Å². The fourth-order valence-electron chi connectivity index (χ4n) is 2.63. The Hall–Kier alpha value is -3.02. The molecule has 0 spiro atoms. The van der Waals surface area contributed by atoms with E-state index in [4.69, 9.17) is 10.6 Å². The highest BCUT2D eigenvalue weighted by Gasteiger charge is 2.21. The van der Waals surface area contributed by atoms with Crippen LogP contribution in [0.15, 0.2) is 47.6 Å². The van der Waals surface area contributed by atoms with E-state index in [2.05, 4.69) is 10.4 Å². The molecule has 0 aliphatic rings. The van der Waals surface area contributed by atoms with Crippen LogP contribution in [-0.2, 0) is 11.2 Å². The van der Waals surface area contributed by atoms with Gasteiger partial charge in [-0.05, 0) is 61.2 Å². The predicted molar refractivity (Wildman–Crippen MR) is 104 cm³/mol. The fraction of sp³-hybridized carbons (Fsp3) is 0.300. The Kier molecular flexibility index (Phi) is 6.60. The monoisotopic (exact) mass is 355 g/mol. The number of nitrogens with zero attached hydrogens (tertiary/aromatic N) is 1. The molecule has 4 N–H and O–H groups in total. The number of anilines is 1. The molecule has 0 aliphatic carbocycles. The van der Waals surface area contributed by atoms with Gasteiger partial charge in [-0.15, -0.1) is 0 Å². The van der Waals surface area contributed by atoms with Crippen molar-refractivity contribution in [1.82, 2.24) is 0 Å². The Labute approximate surface area is 153 Å². The van der Waals surface area contributed by atoms with Crippen molar-refractivity contribution < 1.29 is 14.6 Å². The first-order valence-corrected chi connectivity index (χ1v) is 8.56. The smallest absolute Gasteiger partial charge is 0.330 e. The average molecular weight is 355 g/mol. The number of aryl methyl sites for hydroxylation is 1. The summed E-state index contributed by atoms with van der Waals surface area (Å²) in [5.74, 6) is 4.98. The van der Waals surface area contributed by atoms with Crippen LogP contribution in [0.2, 0.25) is 0 Å². The first-order valence-electron chi connectivity index (χ1n) is 8.56. The normalized spacial score (nSPS) is 12.3. The van der Waals surface area contributed by atoms with Gasteiger partial charge < -0.3 is 21.0 Å². The summed E-state index contributed by atoms with van der Waals surface area (Å²) in [7, 11) is 0. The van der Waals surface area contributed by atoms with Gasteiger partial charge in [0, 0.05) is 5.69 Å². The van der Waals surface area contributed by atoms with E-state index < -0.39 is 12.0 Å². The summed E-state index contributed by atoms with van der Waals surface area (Å²) in [6.07, 6.45) is 2.35. The molecule has 26 heavy (non-hydrogen) atoms. The number of ether oxygens (including phenoxy) is 1. The number of rotatable bonds is 8. The number of nitrogens with two attached hydrogens (primary N) is 1.